The molecule has 1 aliphatic carbocycles. The predicted octanol–water partition coefficient (Wildman–Crippen LogP) is 1.76. The smallest absolute Gasteiger partial charge is 0.293 e. The van der Waals surface area contributed by atoms with E-state index in [1.54, 1.807) is 12.5 Å². The minimum Gasteiger partial charge on any atom is -0.367 e. The lowest BCUT2D eigenvalue weighted by molar-refractivity contribution is 0.518. The lowest BCUT2D eigenvalue weighted by Gasteiger charge is -2.33. The first-order valence-corrected chi connectivity index (χ1v) is 8.58. The number of anilines is 2. The number of rotatable bonds is 4. The average Bonchev–Trinajstić information content (AvgIpc) is 3.41. The SMILES string of the molecule is Cc1cc(NC2CCN(c3nccn(C4CC4)c3=O)CC2)ncn1. The number of aryl methyl sites for hydroxylation is 1. The topological polar surface area (TPSA) is 75.9 Å². The Balaban J connectivity index is 1.41. The fraction of sp³-hybridized carbons (Fsp3) is 0.529. The second-order valence-electron chi connectivity index (χ2n) is 6.64. The Morgan fingerprint density at radius 2 is 1.92 bits per heavy atom. The van der Waals surface area contributed by atoms with E-state index in [-0.39, 0.29) is 5.56 Å². The standard InChI is InChI=1S/C17H22N6O/c1-12-10-15(20-11-19-12)21-13-4-7-22(8-5-13)16-17(24)23(9-6-18-16)14-2-3-14/h6,9-11,13-14H,2-5,7-8H2,1H3,(H,19,20,21). The highest BCUT2D eigenvalue weighted by Crippen LogP contribution is 2.33. The van der Waals surface area contributed by atoms with Crippen LogP contribution in [0.5, 0.6) is 0 Å². The van der Waals surface area contributed by atoms with Crippen LogP contribution in [0.3, 0.4) is 0 Å². The van der Waals surface area contributed by atoms with Crippen molar-refractivity contribution >= 4 is 11.6 Å². The molecule has 0 atom stereocenters. The molecule has 1 saturated heterocycles. The van der Waals surface area contributed by atoms with Crippen molar-refractivity contribution in [2.24, 2.45) is 0 Å². The van der Waals surface area contributed by atoms with Crippen molar-refractivity contribution in [2.45, 2.75) is 44.7 Å². The molecule has 0 radical (unpaired) electrons. The first kappa shape index (κ1) is 15.1. The summed E-state index contributed by atoms with van der Waals surface area (Å²) >= 11 is 0. The first-order valence-electron chi connectivity index (χ1n) is 8.58. The summed E-state index contributed by atoms with van der Waals surface area (Å²) in [6.45, 7) is 3.62. The lowest BCUT2D eigenvalue weighted by Crippen LogP contribution is -2.42. The maximum absolute atomic E-state index is 12.6. The molecule has 0 bridgehead atoms. The van der Waals surface area contributed by atoms with E-state index < -0.39 is 0 Å². The van der Waals surface area contributed by atoms with E-state index >= 15 is 0 Å². The van der Waals surface area contributed by atoms with Crippen LogP contribution >= 0.6 is 0 Å². The van der Waals surface area contributed by atoms with Gasteiger partial charge >= 0.3 is 0 Å². The highest BCUT2D eigenvalue weighted by molar-refractivity contribution is 5.39. The van der Waals surface area contributed by atoms with Crippen LogP contribution in [-0.4, -0.2) is 38.7 Å². The highest BCUT2D eigenvalue weighted by atomic mass is 16.1. The zero-order chi connectivity index (χ0) is 16.5. The molecule has 1 saturated carbocycles. The van der Waals surface area contributed by atoms with Crippen LogP contribution in [0.15, 0.2) is 29.6 Å². The Labute approximate surface area is 140 Å². The molecule has 2 aromatic heterocycles. The molecule has 24 heavy (non-hydrogen) atoms. The van der Waals surface area contributed by atoms with Crippen LogP contribution in [-0.2, 0) is 0 Å². The first-order chi connectivity index (χ1) is 11.7. The summed E-state index contributed by atoms with van der Waals surface area (Å²) in [7, 11) is 0. The molecule has 3 heterocycles. The van der Waals surface area contributed by atoms with Crippen molar-refractivity contribution < 1.29 is 0 Å². The molecule has 0 unspecified atom stereocenters. The van der Waals surface area contributed by atoms with Crippen molar-refractivity contribution in [3.63, 3.8) is 0 Å². The third-order valence-electron chi connectivity index (χ3n) is 4.74. The highest BCUT2D eigenvalue weighted by Gasteiger charge is 2.27. The Hall–Kier alpha value is -2.44. The van der Waals surface area contributed by atoms with Gasteiger partial charge in [0, 0.05) is 49.3 Å². The fourth-order valence-corrected chi connectivity index (χ4v) is 3.25. The van der Waals surface area contributed by atoms with E-state index in [2.05, 4.69) is 25.2 Å². The summed E-state index contributed by atoms with van der Waals surface area (Å²) in [6.07, 6.45) is 9.28. The van der Waals surface area contributed by atoms with Crippen LogP contribution < -0.4 is 15.8 Å². The maximum Gasteiger partial charge on any atom is 0.293 e. The largest absolute Gasteiger partial charge is 0.367 e. The van der Waals surface area contributed by atoms with Gasteiger partial charge in [-0.3, -0.25) is 4.79 Å². The molecule has 1 aliphatic heterocycles. The fourth-order valence-electron chi connectivity index (χ4n) is 3.25. The summed E-state index contributed by atoms with van der Waals surface area (Å²) in [4.78, 5) is 27.4. The van der Waals surface area contributed by atoms with Gasteiger partial charge < -0.3 is 14.8 Å². The van der Waals surface area contributed by atoms with E-state index in [4.69, 9.17) is 0 Å². The molecule has 2 aliphatic rings. The summed E-state index contributed by atoms with van der Waals surface area (Å²) in [5.41, 5.74) is 1.01. The molecular formula is C17H22N6O. The molecule has 2 fully saturated rings. The van der Waals surface area contributed by atoms with Gasteiger partial charge in [0.25, 0.3) is 5.56 Å². The minimum atomic E-state index is 0.0536. The van der Waals surface area contributed by atoms with Crippen molar-refractivity contribution in [1.82, 2.24) is 19.5 Å². The molecule has 126 valence electrons. The average molecular weight is 326 g/mol. The molecule has 4 rings (SSSR count). The quantitative estimate of drug-likeness (QED) is 0.922. The Morgan fingerprint density at radius 1 is 1.12 bits per heavy atom. The molecule has 7 heteroatoms. The third kappa shape index (κ3) is 3.11. The Morgan fingerprint density at radius 3 is 2.62 bits per heavy atom. The van der Waals surface area contributed by atoms with Gasteiger partial charge in [-0.15, -0.1) is 0 Å². The van der Waals surface area contributed by atoms with Crippen LogP contribution in [0.25, 0.3) is 0 Å². The minimum absolute atomic E-state index is 0.0536. The van der Waals surface area contributed by atoms with Gasteiger partial charge in [-0.05, 0) is 32.6 Å². The van der Waals surface area contributed by atoms with Crippen molar-refractivity contribution in [1.29, 1.82) is 0 Å². The van der Waals surface area contributed by atoms with Crippen LogP contribution in [0.1, 0.15) is 37.4 Å². The second kappa shape index (κ2) is 6.22. The van der Waals surface area contributed by atoms with Gasteiger partial charge in [0.05, 0.1) is 0 Å². The van der Waals surface area contributed by atoms with Gasteiger partial charge in [-0.2, -0.15) is 0 Å². The van der Waals surface area contributed by atoms with Crippen LogP contribution in [0.4, 0.5) is 11.6 Å². The number of hydrogen-bond donors (Lipinski definition) is 1. The Bertz CT molecular complexity index is 777. The summed E-state index contributed by atoms with van der Waals surface area (Å²) < 4.78 is 1.84. The normalized spacial score (nSPS) is 18.6. The predicted molar refractivity (Wildman–Crippen MR) is 92.4 cm³/mol. The summed E-state index contributed by atoms with van der Waals surface area (Å²) in [5, 5.41) is 3.47. The van der Waals surface area contributed by atoms with Gasteiger partial charge in [-0.25, -0.2) is 15.0 Å². The second-order valence-corrected chi connectivity index (χ2v) is 6.64. The number of nitrogens with zero attached hydrogens (tertiary/aromatic N) is 5. The zero-order valence-corrected chi connectivity index (χ0v) is 13.9. The number of aromatic nitrogens is 4. The molecule has 0 amide bonds. The van der Waals surface area contributed by atoms with Gasteiger partial charge in [-0.1, -0.05) is 0 Å². The van der Waals surface area contributed by atoms with E-state index in [1.807, 2.05) is 23.8 Å². The van der Waals surface area contributed by atoms with Gasteiger partial charge in [0.2, 0.25) is 0 Å². The van der Waals surface area contributed by atoms with Gasteiger partial charge in [0.1, 0.15) is 12.1 Å². The molecule has 0 aromatic carbocycles. The number of hydrogen-bond acceptors (Lipinski definition) is 6. The Kier molecular flexibility index (Phi) is 3.92. The molecule has 2 aromatic rings. The number of nitrogens with one attached hydrogen (secondary N) is 1. The maximum atomic E-state index is 12.6. The van der Waals surface area contributed by atoms with E-state index in [0.29, 0.717) is 17.9 Å². The number of piperidine rings is 1. The molecular weight excluding hydrogens is 304 g/mol. The van der Waals surface area contributed by atoms with E-state index in [0.717, 1.165) is 50.3 Å². The summed E-state index contributed by atoms with van der Waals surface area (Å²) in [6, 6.07) is 2.71. The van der Waals surface area contributed by atoms with E-state index in [1.165, 1.54) is 0 Å². The van der Waals surface area contributed by atoms with Crippen molar-refractivity contribution in [3.8, 4) is 0 Å². The van der Waals surface area contributed by atoms with Crippen molar-refractivity contribution in [3.05, 3.63) is 40.8 Å². The molecule has 7 nitrogen and oxygen atoms in total. The van der Waals surface area contributed by atoms with Crippen molar-refractivity contribution in [2.75, 3.05) is 23.3 Å². The monoisotopic (exact) mass is 326 g/mol. The van der Waals surface area contributed by atoms with E-state index in [9.17, 15) is 4.79 Å². The molecule has 1 N–H and O–H groups in total. The van der Waals surface area contributed by atoms with Crippen LogP contribution in [0.2, 0.25) is 0 Å². The lowest BCUT2D eigenvalue weighted by atomic mass is 10.1. The third-order valence-corrected chi connectivity index (χ3v) is 4.74. The van der Waals surface area contributed by atoms with Crippen LogP contribution in [0, 0.1) is 6.92 Å². The summed E-state index contributed by atoms with van der Waals surface area (Å²) in [5.74, 6) is 1.47. The van der Waals surface area contributed by atoms with Gasteiger partial charge in [0.15, 0.2) is 5.82 Å². The zero-order valence-electron chi connectivity index (χ0n) is 13.9. The molecule has 0 spiro atoms.